The molecule has 3 aromatic rings. The van der Waals surface area contributed by atoms with E-state index in [1.165, 1.54) is 12.1 Å². The van der Waals surface area contributed by atoms with E-state index in [0.717, 1.165) is 8.45 Å². The number of aromatic nitrogens is 1. The minimum Gasteiger partial charge on any atom is -0.296 e. The van der Waals surface area contributed by atoms with Gasteiger partial charge in [-0.3, -0.25) is 4.79 Å². The Labute approximate surface area is 130 Å². The first kappa shape index (κ1) is 14.0. The second-order valence-corrected chi connectivity index (χ2v) is 7.18. The third-order valence-corrected chi connectivity index (χ3v) is 5.40. The quantitative estimate of drug-likeness (QED) is 0.669. The van der Waals surface area contributed by atoms with Crippen LogP contribution < -0.4 is 0 Å². The molecule has 6 heteroatoms. The van der Waals surface area contributed by atoms with Crippen LogP contribution in [0.3, 0.4) is 0 Å². The van der Waals surface area contributed by atoms with Crippen molar-refractivity contribution in [3.05, 3.63) is 64.8 Å². The molecule has 3 rings (SSSR count). The average Bonchev–Trinajstić information content (AvgIpc) is 2.86. The molecule has 0 saturated carbocycles. The Kier molecular flexibility index (Phi) is 3.43. The largest absolute Gasteiger partial charge is 0.296 e. The van der Waals surface area contributed by atoms with Crippen molar-refractivity contribution in [2.75, 3.05) is 0 Å². The third kappa shape index (κ3) is 2.30. The van der Waals surface area contributed by atoms with Crippen LogP contribution in [0, 0.1) is 0 Å². The molecule has 106 valence electrons. The molecule has 0 spiro atoms. The maximum Gasteiger partial charge on any atom is 0.268 e. The van der Waals surface area contributed by atoms with Gasteiger partial charge in [-0.15, -0.1) is 0 Å². The van der Waals surface area contributed by atoms with Crippen molar-refractivity contribution >= 4 is 43.1 Å². The molecule has 1 aromatic heterocycles. The summed E-state index contributed by atoms with van der Waals surface area (Å²) in [6.45, 7) is 0. The number of benzene rings is 2. The molecule has 2 aromatic carbocycles. The smallest absolute Gasteiger partial charge is 0.268 e. The molecule has 0 atom stereocenters. The van der Waals surface area contributed by atoms with Crippen LogP contribution in [0.5, 0.6) is 0 Å². The fourth-order valence-corrected chi connectivity index (χ4v) is 4.12. The van der Waals surface area contributed by atoms with Crippen molar-refractivity contribution in [1.29, 1.82) is 0 Å². The number of halogens is 1. The number of hydrogen-bond acceptors (Lipinski definition) is 3. The molecule has 0 aliphatic carbocycles. The lowest BCUT2D eigenvalue weighted by Crippen LogP contribution is -2.15. The molecule has 0 N–H and O–H groups in total. The van der Waals surface area contributed by atoms with E-state index in [1.807, 2.05) is 0 Å². The standard InChI is InChI=1S/C15H10BrNO3S/c16-12-6-7-15-11(8-12)9-13(10-18)17(15)21(19,20)14-4-2-1-3-5-14/h1-10H. The van der Waals surface area contributed by atoms with Crippen LogP contribution in [0.25, 0.3) is 10.9 Å². The van der Waals surface area contributed by atoms with Crippen molar-refractivity contribution in [1.82, 2.24) is 3.97 Å². The Bertz CT molecular complexity index is 930. The Morgan fingerprint density at radius 1 is 1.00 bits per heavy atom. The van der Waals surface area contributed by atoms with Gasteiger partial charge < -0.3 is 0 Å². The minimum atomic E-state index is -3.81. The molecule has 0 amide bonds. The molecule has 4 nitrogen and oxygen atoms in total. The number of carbonyl (C=O) groups is 1. The second-order valence-electron chi connectivity index (χ2n) is 4.47. The molecule has 0 aliphatic heterocycles. The highest BCUT2D eigenvalue weighted by Gasteiger charge is 2.22. The van der Waals surface area contributed by atoms with E-state index < -0.39 is 10.0 Å². The predicted molar refractivity (Wildman–Crippen MR) is 84.1 cm³/mol. The molecule has 21 heavy (non-hydrogen) atoms. The Balaban J connectivity index is 2.36. The maximum atomic E-state index is 12.8. The van der Waals surface area contributed by atoms with Gasteiger partial charge in [-0.2, -0.15) is 0 Å². The van der Waals surface area contributed by atoms with Gasteiger partial charge in [-0.05, 0) is 36.4 Å². The molecular formula is C15H10BrNO3S. The summed E-state index contributed by atoms with van der Waals surface area (Å²) < 4.78 is 27.4. The number of fused-ring (bicyclic) bond motifs is 1. The summed E-state index contributed by atoms with van der Waals surface area (Å²) in [5.74, 6) is 0. The summed E-state index contributed by atoms with van der Waals surface area (Å²) in [5.41, 5.74) is 0.580. The van der Waals surface area contributed by atoms with Gasteiger partial charge in [-0.25, -0.2) is 12.4 Å². The molecule has 0 radical (unpaired) electrons. The van der Waals surface area contributed by atoms with Crippen LogP contribution in [0.2, 0.25) is 0 Å². The second kappa shape index (κ2) is 5.13. The average molecular weight is 364 g/mol. The molecule has 1 heterocycles. The fraction of sp³-hybridized carbons (Fsp3) is 0. The lowest BCUT2D eigenvalue weighted by atomic mass is 10.2. The lowest BCUT2D eigenvalue weighted by Gasteiger charge is -2.09. The van der Waals surface area contributed by atoms with E-state index in [1.54, 1.807) is 42.5 Å². The van der Waals surface area contributed by atoms with Gasteiger partial charge in [0.2, 0.25) is 0 Å². The zero-order valence-electron chi connectivity index (χ0n) is 10.7. The number of hydrogen-bond donors (Lipinski definition) is 0. The van der Waals surface area contributed by atoms with Crippen LogP contribution in [0.15, 0.2) is 64.0 Å². The van der Waals surface area contributed by atoms with Crippen molar-refractivity contribution in [3.63, 3.8) is 0 Å². The molecule has 0 aliphatic rings. The van der Waals surface area contributed by atoms with Gasteiger partial charge in [0.25, 0.3) is 10.0 Å². The van der Waals surface area contributed by atoms with Crippen LogP contribution in [-0.2, 0) is 10.0 Å². The van der Waals surface area contributed by atoms with Gasteiger partial charge >= 0.3 is 0 Å². The summed E-state index contributed by atoms with van der Waals surface area (Å²) in [7, 11) is -3.81. The summed E-state index contributed by atoms with van der Waals surface area (Å²) in [4.78, 5) is 11.4. The normalized spacial score (nSPS) is 11.7. The number of rotatable bonds is 3. The number of aldehydes is 1. The zero-order chi connectivity index (χ0) is 15.0. The molecule has 0 fully saturated rings. The topological polar surface area (TPSA) is 56.1 Å². The van der Waals surface area contributed by atoms with Crippen LogP contribution in [0.4, 0.5) is 0 Å². The predicted octanol–water partition coefficient (Wildman–Crippen LogP) is 3.45. The number of nitrogens with zero attached hydrogens (tertiary/aromatic N) is 1. The van der Waals surface area contributed by atoms with Gasteiger partial charge in [0, 0.05) is 9.86 Å². The lowest BCUT2D eigenvalue weighted by molar-refractivity contribution is 0.111. The van der Waals surface area contributed by atoms with E-state index in [-0.39, 0.29) is 10.6 Å². The summed E-state index contributed by atoms with van der Waals surface area (Å²) in [6.07, 6.45) is 0.550. The first-order chi connectivity index (χ1) is 10.0. The molecule has 0 saturated heterocycles. The monoisotopic (exact) mass is 363 g/mol. The highest BCUT2D eigenvalue weighted by Crippen LogP contribution is 2.27. The van der Waals surface area contributed by atoms with Crippen molar-refractivity contribution < 1.29 is 13.2 Å². The molecular weight excluding hydrogens is 354 g/mol. The fourth-order valence-electron chi connectivity index (χ4n) is 2.23. The van der Waals surface area contributed by atoms with Gasteiger partial charge in [-0.1, -0.05) is 34.1 Å². The Hall–Kier alpha value is -1.92. The highest BCUT2D eigenvalue weighted by molar-refractivity contribution is 9.10. The Morgan fingerprint density at radius 2 is 1.71 bits per heavy atom. The highest BCUT2D eigenvalue weighted by atomic mass is 79.9. The van der Waals surface area contributed by atoms with E-state index in [9.17, 15) is 13.2 Å². The Morgan fingerprint density at radius 3 is 2.38 bits per heavy atom. The zero-order valence-corrected chi connectivity index (χ0v) is 13.1. The first-order valence-corrected chi connectivity index (χ1v) is 8.34. The van der Waals surface area contributed by atoms with Crippen LogP contribution in [-0.4, -0.2) is 18.7 Å². The van der Waals surface area contributed by atoms with Crippen LogP contribution in [0.1, 0.15) is 10.5 Å². The summed E-state index contributed by atoms with van der Waals surface area (Å²) >= 11 is 3.34. The summed E-state index contributed by atoms with van der Waals surface area (Å²) in [6, 6.07) is 14.8. The van der Waals surface area contributed by atoms with Gasteiger partial charge in [0.15, 0.2) is 6.29 Å². The van der Waals surface area contributed by atoms with Gasteiger partial charge in [0.05, 0.1) is 16.1 Å². The summed E-state index contributed by atoms with van der Waals surface area (Å²) in [5, 5.41) is 0.686. The van der Waals surface area contributed by atoms with E-state index in [4.69, 9.17) is 0 Å². The molecule has 0 bridgehead atoms. The first-order valence-electron chi connectivity index (χ1n) is 6.11. The SMILES string of the molecule is O=Cc1cc2cc(Br)ccc2n1S(=O)(=O)c1ccccc1. The van der Waals surface area contributed by atoms with Crippen molar-refractivity contribution in [3.8, 4) is 0 Å². The van der Waals surface area contributed by atoms with E-state index >= 15 is 0 Å². The van der Waals surface area contributed by atoms with Crippen molar-refractivity contribution in [2.45, 2.75) is 4.90 Å². The minimum absolute atomic E-state index is 0.104. The van der Waals surface area contributed by atoms with E-state index in [2.05, 4.69) is 15.9 Å². The maximum absolute atomic E-state index is 12.8. The van der Waals surface area contributed by atoms with E-state index in [0.29, 0.717) is 17.2 Å². The number of carbonyl (C=O) groups excluding carboxylic acids is 1. The van der Waals surface area contributed by atoms with Crippen molar-refractivity contribution in [2.24, 2.45) is 0 Å². The van der Waals surface area contributed by atoms with Gasteiger partial charge in [0.1, 0.15) is 0 Å². The molecule has 0 unspecified atom stereocenters. The van der Waals surface area contributed by atoms with Crippen LogP contribution >= 0.6 is 15.9 Å². The third-order valence-electron chi connectivity index (χ3n) is 3.15.